The van der Waals surface area contributed by atoms with E-state index in [4.69, 9.17) is 0 Å². The second-order valence-corrected chi connectivity index (χ2v) is 4.18. The van der Waals surface area contributed by atoms with E-state index in [1.807, 2.05) is 7.05 Å². The van der Waals surface area contributed by atoms with Crippen molar-refractivity contribution in [3.63, 3.8) is 0 Å². The van der Waals surface area contributed by atoms with Crippen molar-refractivity contribution < 1.29 is 19.5 Å². The minimum atomic E-state index is -1.03. The van der Waals surface area contributed by atoms with E-state index in [0.717, 1.165) is 19.4 Å². The quantitative estimate of drug-likeness (QED) is 0.560. The van der Waals surface area contributed by atoms with E-state index in [0.29, 0.717) is 4.48 Å². The smallest absolute Gasteiger partial charge is 0.119 e. The van der Waals surface area contributed by atoms with Crippen molar-refractivity contribution >= 4 is 5.97 Å². The van der Waals surface area contributed by atoms with Crippen LogP contribution in [0.1, 0.15) is 19.8 Å². The van der Waals surface area contributed by atoms with E-state index in [1.54, 1.807) is 6.92 Å². The second kappa shape index (κ2) is 3.64. The molecule has 0 bridgehead atoms. The number of rotatable bonds is 3. The summed E-state index contributed by atoms with van der Waals surface area (Å²) in [6, 6.07) is 0.0536. The van der Waals surface area contributed by atoms with E-state index < -0.39 is 12.1 Å². The first kappa shape index (κ1) is 10.5. The van der Waals surface area contributed by atoms with Crippen LogP contribution in [0, 0.1) is 0 Å². The molecular weight excluding hydrogens is 170 g/mol. The van der Waals surface area contributed by atoms with E-state index >= 15 is 0 Å². The van der Waals surface area contributed by atoms with Gasteiger partial charge in [-0.25, -0.2) is 0 Å². The highest BCUT2D eigenvalue weighted by molar-refractivity contribution is 5.65. The molecule has 4 nitrogen and oxygen atoms in total. The number of carboxylic acid groups (broad SMARTS) is 1. The largest absolute Gasteiger partial charge is 0.544 e. The maximum Gasteiger partial charge on any atom is 0.119 e. The average molecular weight is 187 g/mol. The molecule has 0 aliphatic carbocycles. The minimum absolute atomic E-state index is 0.00949. The topological polar surface area (TPSA) is 60.4 Å². The summed E-state index contributed by atoms with van der Waals surface area (Å²) in [5.74, 6) is -1.03. The summed E-state index contributed by atoms with van der Waals surface area (Å²) >= 11 is 0. The number of hydrogen-bond donors (Lipinski definition) is 1. The molecule has 0 radical (unpaired) electrons. The van der Waals surface area contributed by atoms with E-state index in [1.165, 1.54) is 0 Å². The molecule has 3 atom stereocenters. The van der Waals surface area contributed by atoms with Crippen LogP contribution in [0.2, 0.25) is 0 Å². The number of carbonyl (C=O) groups is 1. The standard InChI is InChI=1S/C9H17NO3/c1-7(11)8-4-3-5-10(8,2)6-9(12)13/h7-8,11H,3-6H2,1-2H3/t7?,8-,10?/m0/s1. The van der Waals surface area contributed by atoms with Gasteiger partial charge in [0.1, 0.15) is 18.7 Å². The van der Waals surface area contributed by atoms with Gasteiger partial charge in [0.05, 0.1) is 19.6 Å². The molecule has 1 heterocycles. The Morgan fingerprint density at radius 3 is 2.85 bits per heavy atom. The Kier molecular flexibility index (Phi) is 2.93. The number of hydrogen-bond acceptors (Lipinski definition) is 3. The van der Waals surface area contributed by atoms with Gasteiger partial charge >= 0.3 is 0 Å². The first-order valence-electron chi connectivity index (χ1n) is 4.68. The van der Waals surface area contributed by atoms with Gasteiger partial charge in [-0.2, -0.15) is 0 Å². The van der Waals surface area contributed by atoms with Crippen molar-refractivity contribution in [1.29, 1.82) is 0 Å². The molecule has 13 heavy (non-hydrogen) atoms. The second-order valence-electron chi connectivity index (χ2n) is 4.18. The van der Waals surface area contributed by atoms with E-state index in [2.05, 4.69) is 0 Å². The van der Waals surface area contributed by atoms with E-state index in [-0.39, 0.29) is 12.6 Å². The minimum Gasteiger partial charge on any atom is -0.544 e. The highest BCUT2D eigenvalue weighted by Crippen LogP contribution is 2.26. The Bertz CT molecular complexity index is 205. The van der Waals surface area contributed by atoms with Gasteiger partial charge in [-0.15, -0.1) is 0 Å². The number of carboxylic acids is 1. The molecule has 1 aliphatic heterocycles. The normalized spacial score (nSPS) is 36.1. The molecule has 4 heteroatoms. The summed E-state index contributed by atoms with van der Waals surface area (Å²) in [5.41, 5.74) is 0. The Morgan fingerprint density at radius 2 is 2.38 bits per heavy atom. The van der Waals surface area contributed by atoms with Crippen molar-refractivity contribution in [2.75, 3.05) is 20.1 Å². The molecule has 0 aromatic rings. The molecule has 0 spiro atoms. The fourth-order valence-electron chi connectivity index (χ4n) is 2.39. The summed E-state index contributed by atoms with van der Waals surface area (Å²) in [5, 5.41) is 20.0. The zero-order valence-corrected chi connectivity index (χ0v) is 8.19. The van der Waals surface area contributed by atoms with Gasteiger partial charge in [0.2, 0.25) is 0 Å². The van der Waals surface area contributed by atoms with Gasteiger partial charge in [0, 0.05) is 12.8 Å². The first-order chi connectivity index (χ1) is 5.96. The van der Waals surface area contributed by atoms with Crippen LogP contribution in [0.15, 0.2) is 0 Å². The van der Waals surface area contributed by atoms with Crippen LogP contribution in [0.5, 0.6) is 0 Å². The molecule has 1 aliphatic rings. The van der Waals surface area contributed by atoms with Crippen LogP contribution >= 0.6 is 0 Å². The van der Waals surface area contributed by atoms with Crippen LogP contribution in [0.4, 0.5) is 0 Å². The SMILES string of the molecule is CC(O)[C@@H]1CCC[N+]1(C)CC(=O)[O-]. The number of aliphatic hydroxyl groups is 1. The number of aliphatic carboxylic acids is 1. The molecule has 0 aromatic heterocycles. The fourth-order valence-corrected chi connectivity index (χ4v) is 2.39. The molecule has 0 amide bonds. The molecule has 76 valence electrons. The van der Waals surface area contributed by atoms with Crippen LogP contribution in [-0.4, -0.2) is 47.8 Å². The number of likely N-dealkylation sites (N-methyl/N-ethyl adjacent to an activating group) is 1. The number of nitrogens with zero attached hydrogens (tertiary/aromatic N) is 1. The van der Waals surface area contributed by atoms with Crippen LogP contribution < -0.4 is 5.11 Å². The summed E-state index contributed by atoms with van der Waals surface area (Å²) < 4.78 is 0.417. The summed E-state index contributed by atoms with van der Waals surface area (Å²) in [6.07, 6.45) is 1.45. The Labute approximate surface area is 78.4 Å². The van der Waals surface area contributed by atoms with Crippen molar-refractivity contribution in [1.82, 2.24) is 0 Å². The van der Waals surface area contributed by atoms with Gasteiger partial charge in [0.25, 0.3) is 0 Å². The van der Waals surface area contributed by atoms with Crippen LogP contribution in [0.3, 0.4) is 0 Å². The third kappa shape index (κ3) is 2.19. The third-order valence-electron chi connectivity index (χ3n) is 3.02. The molecular formula is C9H17NO3. The average Bonchev–Trinajstić information content (AvgIpc) is 2.28. The van der Waals surface area contributed by atoms with Crippen molar-refractivity contribution in [3.05, 3.63) is 0 Å². The molecule has 2 unspecified atom stereocenters. The highest BCUT2D eigenvalue weighted by atomic mass is 16.4. The molecule has 0 aromatic carbocycles. The van der Waals surface area contributed by atoms with Gasteiger partial charge in [-0.3, -0.25) is 0 Å². The monoisotopic (exact) mass is 187 g/mol. The summed E-state index contributed by atoms with van der Waals surface area (Å²) in [4.78, 5) is 10.5. The lowest BCUT2D eigenvalue weighted by atomic mass is 10.1. The van der Waals surface area contributed by atoms with Crippen molar-refractivity contribution in [2.24, 2.45) is 0 Å². The lowest BCUT2D eigenvalue weighted by molar-refractivity contribution is -0.918. The Hall–Kier alpha value is -0.610. The molecule has 1 N–H and O–H groups in total. The third-order valence-corrected chi connectivity index (χ3v) is 3.02. The predicted octanol–water partition coefficient (Wildman–Crippen LogP) is -1.27. The molecule has 1 saturated heterocycles. The zero-order valence-electron chi connectivity index (χ0n) is 8.19. The van der Waals surface area contributed by atoms with E-state index in [9.17, 15) is 15.0 Å². The Balaban J connectivity index is 2.69. The number of likely N-dealkylation sites (tertiary alicyclic amines) is 1. The highest BCUT2D eigenvalue weighted by Gasteiger charge is 2.40. The predicted molar refractivity (Wildman–Crippen MR) is 45.6 cm³/mol. The number of aliphatic hydroxyl groups excluding tert-OH is 1. The van der Waals surface area contributed by atoms with Crippen molar-refractivity contribution in [2.45, 2.75) is 31.9 Å². The molecule has 0 saturated carbocycles. The molecule has 1 fully saturated rings. The summed E-state index contributed by atoms with van der Waals surface area (Å²) in [6.45, 7) is 2.56. The van der Waals surface area contributed by atoms with Gasteiger partial charge < -0.3 is 19.5 Å². The lowest BCUT2D eigenvalue weighted by Crippen LogP contribution is -2.57. The zero-order chi connectivity index (χ0) is 10.1. The number of quaternary nitrogens is 1. The fraction of sp³-hybridized carbons (Fsp3) is 0.889. The maximum atomic E-state index is 10.5. The lowest BCUT2D eigenvalue weighted by Gasteiger charge is -2.37. The summed E-state index contributed by atoms with van der Waals surface area (Å²) in [7, 11) is 1.88. The number of carbonyl (C=O) groups excluding carboxylic acids is 1. The Morgan fingerprint density at radius 1 is 1.77 bits per heavy atom. The van der Waals surface area contributed by atoms with Gasteiger partial charge in [-0.1, -0.05) is 0 Å². The maximum absolute atomic E-state index is 10.5. The van der Waals surface area contributed by atoms with Crippen LogP contribution in [-0.2, 0) is 4.79 Å². The first-order valence-corrected chi connectivity index (χ1v) is 4.68. The molecule has 1 rings (SSSR count). The van der Waals surface area contributed by atoms with Crippen LogP contribution in [0.25, 0.3) is 0 Å². The van der Waals surface area contributed by atoms with Gasteiger partial charge in [-0.05, 0) is 6.92 Å². The van der Waals surface area contributed by atoms with Crippen molar-refractivity contribution in [3.8, 4) is 0 Å². The van der Waals surface area contributed by atoms with Gasteiger partial charge in [0.15, 0.2) is 0 Å².